The van der Waals surface area contributed by atoms with Gasteiger partial charge in [-0.05, 0) is 38.2 Å². The molecule has 0 fully saturated rings. The van der Waals surface area contributed by atoms with Gasteiger partial charge in [0, 0.05) is 0 Å². The summed E-state index contributed by atoms with van der Waals surface area (Å²) in [5.74, 6) is 0. The van der Waals surface area contributed by atoms with Crippen LogP contribution in [0.15, 0.2) is 42.5 Å². The van der Waals surface area contributed by atoms with E-state index in [1.54, 1.807) is 0 Å². The molecule has 0 N–H and O–H groups in total. The standard InChI is InChI=1S/C13H17/c1-2-4-6-8-10-12-13-11-9-7-5-3-1/h1-3,6,8,12-13H,4,7,9-11H2/b2-1-,5-3?,8-6-,13-12-. The Morgan fingerprint density at radius 2 is 1.62 bits per heavy atom. The molecule has 0 heteroatoms. The minimum Gasteiger partial charge on any atom is -0.0882 e. The van der Waals surface area contributed by atoms with Gasteiger partial charge >= 0.3 is 0 Å². The molecular weight excluding hydrogens is 156 g/mol. The molecule has 1 radical (unpaired) electrons. The molecule has 0 amide bonds. The zero-order chi connectivity index (χ0) is 9.19. The van der Waals surface area contributed by atoms with E-state index < -0.39 is 0 Å². The minimum absolute atomic E-state index is 1.03. The van der Waals surface area contributed by atoms with Crippen molar-refractivity contribution in [2.24, 2.45) is 0 Å². The van der Waals surface area contributed by atoms with Gasteiger partial charge in [0.25, 0.3) is 0 Å². The molecule has 0 aromatic rings. The van der Waals surface area contributed by atoms with Crippen LogP contribution in [0.2, 0.25) is 0 Å². The summed E-state index contributed by atoms with van der Waals surface area (Å²) in [5.41, 5.74) is 0. The Hall–Kier alpha value is -1.04. The largest absolute Gasteiger partial charge is 0.0882 e. The summed E-state index contributed by atoms with van der Waals surface area (Å²) in [6.07, 6.45) is 24.0. The Morgan fingerprint density at radius 3 is 2.54 bits per heavy atom. The summed E-state index contributed by atoms with van der Waals surface area (Å²) in [7, 11) is 0. The number of allylic oxidation sites excluding steroid dienone is 8. The second-order valence-electron chi connectivity index (χ2n) is 3.11. The summed E-state index contributed by atoms with van der Waals surface area (Å²) in [6.45, 7) is 0. The first-order valence-corrected chi connectivity index (χ1v) is 5.02. The maximum Gasteiger partial charge on any atom is -0.0166 e. The van der Waals surface area contributed by atoms with Crippen LogP contribution in [0.5, 0.6) is 0 Å². The highest BCUT2D eigenvalue weighted by Gasteiger charge is 1.81. The highest BCUT2D eigenvalue weighted by atomic mass is 13.9. The van der Waals surface area contributed by atoms with Crippen molar-refractivity contribution in [1.29, 1.82) is 0 Å². The van der Waals surface area contributed by atoms with Crippen LogP contribution in [-0.2, 0) is 0 Å². The molecule has 0 aromatic heterocycles. The molecule has 1 aliphatic rings. The second-order valence-corrected chi connectivity index (χ2v) is 3.11. The molecule has 0 nitrogen and oxygen atoms in total. The van der Waals surface area contributed by atoms with E-state index in [-0.39, 0.29) is 0 Å². The predicted octanol–water partition coefficient (Wildman–Crippen LogP) is 3.98. The van der Waals surface area contributed by atoms with Crippen LogP contribution < -0.4 is 0 Å². The van der Waals surface area contributed by atoms with E-state index in [0.29, 0.717) is 0 Å². The molecule has 0 spiro atoms. The van der Waals surface area contributed by atoms with Crippen molar-refractivity contribution in [3.63, 3.8) is 0 Å². The molecule has 0 atom stereocenters. The average Bonchev–Trinajstić information content (AvgIpc) is 2.18. The third kappa shape index (κ3) is 6.15. The topological polar surface area (TPSA) is 0 Å². The molecule has 1 aliphatic carbocycles. The zero-order valence-electron chi connectivity index (χ0n) is 8.08. The molecule has 13 heavy (non-hydrogen) atoms. The first kappa shape index (κ1) is 10.0. The normalized spacial score (nSPS) is 28.9. The van der Waals surface area contributed by atoms with Crippen LogP contribution in [-0.4, -0.2) is 0 Å². The molecule has 0 unspecified atom stereocenters. The van der Waals surface area contributed by atoms with E-state index in [2.05, 4.69) is 42.5 Å². The van der Waals surface area contributed by atoms with Crippen molar-refractivity contribution in [3.8, 4) is 0 Å². The SMILES string of the molecule is [C]1=C/C=C\C/C=C\C/C=C\CCC/1. The molecule has 69 valence electrons. The molecule has 0 aliphatic heterocycles. The van der Waals surface area contributed by atoms with E-state index in [9.17, 15) is 0 Å². The fourth-order valence-corrected chi connectivity index (χ4v) is 1.18. The molecular formula is C13H17. The van der Waals surface area contributed by atoms with Gasteiger partial charge in [0.2, 0.25) is 0 Å². The lowest BCUT2D eigenvalue weighted by Crippen LogP contribution is -1.69. The maximum atomic E-state index is 3.25. The van der Waals surface area contributed by atoms with Gasteiger partial charge in [-0.25, -0.2) is 0 Å². The fraction of sp³-hybridized carbons (Fsp3) is 0.385. The number of hydrogen-bond acceptors (Lipinski definition) is 0. The first-order chi connectivity index (χ1) is 6.50. The number of rotatable bonds is 0. The molecule has 0 aromatic carbocycles. The monoisotopic (exact) mass is 173 g/mol. The van der Waals surface area contributed by atoms with Gasteiger partial charge in [0.15, 0.2) is 0 Å². The molecule has 0 bridgehead atoms. The van der Waals surface area contributed by atoms with Gasteiger partial charge in [-0.3, -0.25) is 0 Å². The van der Waals surface area contributed by atoms with Crippen molar-refractivity contribution in [2.75, 3.05) is 0 Å². The average molecular weight is 173 g/mol. The van der Waals surface area contributed by atoms with Crippen molar-refractivity contribution in [3.05, 3.63) is 48.6 Å². The summed E-state index contributed by atoms with van der Waals surface area (Å²) in [6, 6.07) is 0. The minimum atomic E-state index is 1.03. The lowest BCUT2D eigenvalue weighted by atomic mass is 10.2. The Kier molecular flexibility index (Phi) is 5.87. The van der Waals surface area contributed by atoms with Crippen LogP contribution in [0.1, 0.15) is 32.1 Å². The molecule has 1 rings (SSSR count). The van der Waals surface area contributed by atoms with E-state index in [1.165, 1.54) is 12.8 Å². The Balaban J connectivity index is 2.38. The van der Waals surface area contributed by atoms with E-state index in [0.717, 1.165) is 19.3 Å². The summed E-state index contributed by atoms with van der Waals surface area (Å²) >= 11 is 0. The van der Waals surface area contributed by atoms with Gasteiger partial charge in [0.1, 0.15) is 0 Å². The van der Waals surface area contributed by atoms with E-state index >= 15 is 0 Å². The first-order valence-electron chi connectivity index (χ1n) is 5.02. The molecule has 0 saturated carbocycles. The second kappa shape index (κ2) is 7.60. The summed E-state index contributed by atoms with van der Waals surface area (Å²) in [4.78, 5) is 0. The quantitative estimate of drug-likeness (QED) is 0.486. The summed E-state index contributed by atoms with van der Waals surface area (Å²) in [5, 5.41) is 0. The maximum absolute atomic E-state index is 3.25. The summed E-state index contributed by atoms with van der Waals surface area (Å²) < 4.78 is 0. The van der Waals surface area contributed by atoms with Crippen molar-refractivity contribution >= 4 is 0 Å². The van der Waals surface area contributed by atoms with Crippen LogP contribution in [0.25, 0.3) is 0 Å². The van der Waals surface area contributed by atoms with Gasteiger partial charge in [-0.15, -0.1) is 0 Å². The van der Waals surface area contributed by atoms with E-state index in [1.807, 2.05) is 6.08 Å². The third-order valence-corrected chi connectivity index (χ3v) is 1.92. The van der Waals surface area contributed by atoms with Gasteiger partial charge in [-0.2, -0.15) is 0 Å². The zero-order valence-corrected chi connectivity index (χ0v) is 8.08. The van der Waals surface area contributed by atoms with E-state index in [4.69, 9.17) is 0 Å². The lowest BCUT2D eigenvalue weighted by molar-refractivity contribution is 0.853. The smallest absolute Gasteiger partial charge is 0.0166 e. The van der Waals surface area contributed by atoms with Gasteiger partial charge in [0.05, 0.1) is 0 Å². The predicted molar refractivity (Wildman–Crippen MR) is 58.3 cm³/mol. The number of hydrogen-bond donors (Lipinski definition) is 0. The van der Waals surface area contributed by atoms with Crippen molar-refractivity contribution in [1.82, 2.24) is 0 Å². The van der Waals surface area contributed by atoms with Crippen LogP contribution in [0, 0.1) is 6.08 Å². The van der Waals surface area contributed by atoms with Crippen LogP contribution in [0.3, 0.4) is 0 Å². The van der Waals surface area contributed by atoms with Gasteiger partial charge in [-0.1, -0.05) is 42.5 Å². The van der Waals surface area contributed by atoms with Crippen molar-refractivity contribution in [2.45, 2.75) is 32.1 Å². The Labute approximate surface area is 81.4 Å². The van der Waals surface area contributed by atoms with Gasteiger partial charge < -0.3 is 0 Å². The molecule has 0 heterocycles. The Morgan fingerprint density at radius 1 is 0.846 bits per heavy atom. The van der Waals surface area contributed by atoms with Crippen molar-refractivity contribution < 1.29 is 0 Å². The highest BCUT2D eigenvalue weighted by Crippen LogP contribution is 2.00. The lowest BCUT2D eigenvalue weighted by Gasteiger charge is -1.88. The fourth-order valence-electron chi connectivity index (χ4n) is 1.18. The molecule has 0 saturated heterocycles. The van der Waals surface area contributed by atoms with Crippen LogP contribution in [0.4, 0.5) is 0 Å². The van der Waals surface area contributed by atoms with Crippen LogP contribution >= 0.6 is 0 Å². The third-order valence-electron chi connectivity index (χ3n) is 1.92. The highest BCUT2D eigenvalue weighted by molar-refractivity contribution is 5.03. The Bertz CT molecular complexity index is 216.